The fourth-order valence-electron chi connectivity index (χ4n) is 2.68. The van der Waals surface area contributed by atoms with Crippen molar-refractivity contribution >= 4 is 34.6 Å². The number of methoxy groups -OCH3 is 1. The number of carbonyl (C=O) groups excluding carboxylic acids is 2. The van der Waals surface area contributed by atoms with Crippen molar-refractivity contribution in [2.24, 2.45) is 0 Å². The lowest BCUT2D eigenvalue weighted by Crippen LogP contribution is -2.14. The molecule has 0 atom stereocenters. The van der Waals surface area contributed by atoms with Gasteiger partial charge in [0.25, 0.3) is 11.6 Å². The number of nitrogens with zero attached hydrogens (tertiary/aromatic N) is 1. The van der Waals surface area contributed by atoms with Crippen LogP contribution >= 0.6 is 11.3 Å². The predicted molar refractivity (Wildman–Crippen MR) is 113 cm³/mol. The highest BCUT2D eigenvalue weighted by molar-refractivity contribution is 7.18. The van der Waals surface area contributed by atoms with Crippen LogP contribution < -0.4 is 10.1 Å². The number of nitrogens with one attached hydrogen (secondary N) is 1. The molecular formula is C21H18N2O6S. The minimum Gasteiger partial charge on any atom is -0.497 e. The minimum absolute atomic E-state index is 0.0672. The molecule has 3 rings (SSSR count). The molecule has 9 heteroatoms. The zero-order valence-corrected chi connectivity index (χ0v) is 17.0. The summed E-state index contributed by atoms with van der Waals surface area (Å²) < 4.78 is 10.2. The largest absolute Gasteiger partial charge is 0.497 e. The summed E-state index contributed by atoms with van der Waals surface area (Å²) in [4.78, 5) is 36.4. The maximum absolute atomic E-state index is 12.6. The average molecular weight is 426 g/mol. The number of hydrogen-bond acceptors (Lipinski definition) is 7. The van der Waals surface area contributed by atoms with Gasteiger partial charge in [-0.1, -0.05) is 12.1 Å². The van der Waals surface area contributed by atoms with Gasteiger partial charge in [0.2, 0.25) is 0 Å². The van der Waals surface area contributed by atoms with Gasteiger partial charge in [0, 0.05) is 22.6 Å². The standard InChI is InChI=1S/C21H18N2O6S/c1-3-29-21(25)19-17(22-20(24)13-7-9-16(28-2)10-8-13)12-18(30-19)14-5-4-6-15(11-14)23(26)27/h4-12H,3H2,1-2H3,(H,22,24). The third-order valence-electron chi connectivity index (χ3n) is 4.13. The molecule has 0 saturated carbocycles. The van der Waals surface area contributed by atoms with Crippen molar-refractivity contribution in [3.63, 3.8) is 0 Å². The maximum Gasteiger partial charge on any atom is 0.350 e. The van der Waals surface area contributed by atoms with Crippen LogP contribution in [0.4, 0.5) is 11.4 Å². The Labute approximate surface area is 176 Å². The number of ether oxygens (including phenoxy) is 2. The highest BCUT2D eigenvalue weighted by Gasteiger charge is 2.21. The van der Waals surface area contributed by atoms with Crippen molar-refractivity contribution in [3.8, 4) is 16.2 Å². The second-order valence-electron chi connectivity index (χ2n) is 6.06. The summed E-state index contributed by atoms with van der Waals surface area (Å²) in [5, 5.41) is 13.8. The van der Waals surface area contributed by atoms with Crippen molar-refractivity contribution in [2.75, 3.05) is 19.0 Å². The van der Waals surface area contributed by atoms with Gasteiger partial charge < -0.3 is 14.8 Å². The molecule has 154 valence electrons. The van der Waals surface area contributed by atoms with Crippen molar-refractivity contribution < 1.29 is 24.0 Å². The first-order valence-electron chi connectivity index (χ1n) is 8.94. The van der Waals surface area contributed by atoms with Gasteiger partial charge >= 0.3 is 5.97 Å². The molecule has 1 amide bonds. The lowest BCUT2D eigenvalue weighted by Gasteiger charge is -2.07. The number of amides is 1. The second-order valence-corrected chi connectivity index (χ2v) is 7.12. The van der Waals surface area contributed by atoms with Crippen LogP contribution in [-0.2, 0) is 4.74 Å². The molecule has 1 N–H and O–H groups in total. The van der Waals surface area contributed by atoms with Crippen LogP contribution in [0, 0.1) is 10.1 Å². The van der Waals surface area contributed by atoms with Gasteiger partial charge in [-0.3, -0.25) is 14.9 Å². The smallest absolute Gasteiger partial charge is 0.350 e. The number of rotatable bonds is 7. The minimum atomic E-state index is -0.579. The van der Waals surface area contributed by atoms with Crippen LogP contribution in [0.2, 0.25) is 0 Å². The van der Waals surface area contributed by atoms with Crippen LogP contribution in [0.5, 0.6) is 5.75 Å². The summed E-state index contributed by atoms with van der Waals surface area (Å²) in [6.45, 7) is 1.86. The molecule has 8 nitrogen and oxygen atoms in total. The first-order chi connectivity index (χ1) is 14.4. The van der Waals surface area contributed by atoms with Crippen LogP contribution in [0.1, 0.15) is 27.0 Å². The van der Waals surface area contributed by atoms with Crippen molar-refractivity contribution in [3.05, 3.63) is 75.2 Å². The number of carbonyl (C=O) groups is 2. The van der Waals surface area contributed by atoms with Gasteiger partial charge in [0.1, 0.15) is 10.6 Å². The molecule has 0 fully saturated rings. The molecule has 30 heavy (non-hydrogen) atoms. The summed E-state index contributed by atoms with van der Waals surface area (Å²) in [5.74, 6) is -0.377. The number of nitro benzene ring substituents is 1. The Balaban J connectivity index is 1.95. The summed E-state index contributed by atoms with van der Waals surface area (Å²) in [6.07, 6.45) is 0. The third kappa shape index (κ3) is 4.64. The summed E-state index contributed by atoms with van der Waals surface area (Å²) >= 11 is 1.09. The molecule has 1 heterocycles. The predicted octanol–water partition coefficient (Wildman–Crippen LogP) is 4.76. The molecule has 0 radical (unpaired) electrons. The summed E-state index contributed by atoms with van der Waals surface area (Å²) in [6, 6.07) is 14.2. The lowest BCUT2D eigenvalue weighted by atomic mass is 10.1. The van der Waals surface area contributed by atoms with Crippen LogP contribution in [0.15, 0.2) is 54.6 Å². The average Bonchev–Trinajstić information content (AvgIpc) is 3.18. The Morgan fingerprint density at radius 2 is 1.87 bits per heavy atom. The van der Waals surface area contributed by atoms with Gasteiger partial charge in [0.15, 0.2) is 0 Å². The van der Waals surface area contributed by atoms with E-state index in [0.29, 0.717) is 21.8 Å². The second kappa shape index (κ2) is 9.19. The first kappa shape index (κ1) is 21.0. The number of esters is 1. The van der Waals surface area contributed by atoms with E-state index in [1.165, 1.54) is 19.2 Å². The number of nitro groups is 1. The van der Waals surface area contributed by atoms with Crippen molar-refractivity contribution in [1.29, 1.82) is 0 Å². The zero-order chi connectivity index (χ0) is 21.7. The highest BCUT2D eigenvalue weighted by Crippen LogP contribution is 2.36. The molecule has 0 spiro atoms. The van der Waals surface area contributed by atoms with Gasteiger partial charge in [0.05, 0.1) is 24.3 Å². The van der Waals surface area contributed by atoms with Gasteiger partial charge in [-0.25, -0.2) is 4.79 Å². The Morgan fingerprint density at radius 1 is 1.13 bits per heavy atom. The molecule has 1 aromatic heterocycles. The number of benzene rings is 2. The SMILES string of the molecule is CCOC(=O)c1sc(-c2cccc([N+](=O)[O-])c2)cc1NC(=O)c1ccc(OC)cc1. The Hall–Kier alpha value is -3.72. The molecule has 2 aromatic carbocycles. The normalized spacial score (nSPS) is 10.3. The lowest BCUT2D eigenvalue weighted by molar-refractivity contribution is -0.384. The Kier molecular flexibility index (Phi) is 6.43. The molecule has 0 aliphatic rings. The van der Waals surface area contributed by atoms with Gasteiger partial charge in [-0.2, -0.15) is 0 Å². The van der Waals surface area contributed by atoms with Crippen LogP contribution in [-0.4, -0.2) is 30.5 Å². The molecule has 0 unspecified atom stereocenters. The van der Waals surface area contributed by atoms with E-state index < -0.39 is 16.8 Å². The van der Waals surface area contributed by atoms with Gasteiger partial charge in [-0.05, 0) is 42.8 Å². The summed E-state index contributed by atoms with van der Waals surface area (Å²) in [5.41, 5.74) is 1.15. The van der Waals surface area contributed by atoms with E-state index in [-0.39, 0.29) is 22.9 Å². The molecule has 0 saturated heterocycles. The molecular weight excluding hydrogens is 408 g/mol. The topological polar surface area (TPSA) is 108 Å². The summed E-state index contributed by atoms with van der Waals surface area (Å²) in [7, 11) is 1.53. The quantitative estimate of drug-likeness (QED) is 0.331. The highest BCUT2D eigenvalue weighted by atomic mass is 32.1. The molecule has 0 aliphatic heterocycles. The van der Waals surface area contributed by atoms with Crippen molar-refractivity contribution in [2.45, 2.75) is 6.92 Å². The van der Waals surface area contributed by atoms with E-state index in [4.69, 9.17) is 9.47 Å². The number of hydrogen-bond donors (Lipinski definition) is 1. The first-order valence-corrected chi connectivity index (χ1v) is 9.75. The molecule has 0 aliphatic carbocycles. The van der Waals surface area contributed by atoms with Gasteiger partial charge in [-0.15, -0.1) is 11.3 Å². The molecule has 3 aromatic rings. The van der Waals surface area contributed by atoms with E-state index in [1.54, 1.807) is 49.4 Å². The van der Waals surface area contributed by atoms with Crippen LogP contribution in [0.3, 0.4) is 0 Å². The van der Waals surface area contributed by atoms with E-state index in [0.717, 1.165) is 11.3 Å². The maximum atomic E-state index is 12.6. The van der Waals surface area contributed by atoms with Crippen LogP contribution in [0.25, 0.3) is 10.4 Å². The van der Waals surface area contributed by atoms with E-state index in [1.807, 2.05) is 0 Å². The zero-order valence-electron chi connectivity index (χ0n) is 16.2. The number of thiophene rings is 1. The van der Waals surface area contributed by atoms with E-state index >= 15 is 0 Å². The van der Waals surface area contributed by atoms with E-state index in [2.05, 4.69) is 5.32 Å². The number of non-ortho nitro benzene ring substituents is 1. The fourth-order valence-corrected chi connectivity index (χ4v) is 3.69. The fraction of sp³-hybridized carbons (Fsp3) is 0.143. The monoisotopic (exact) mass is 426 g/mol. The number of anilines is 1. The van der Waals surface area contributed by atoms with Crippen molar-refractivity contribution in [1.82, 2.24) is 0 Å². The van der Waals surface area contributed by atoms with E-state index in [9.17, 15) is 19.7 Å². The Bertz CT molecular complexity index is 1090. The molecule has 0 bridgehead atoms. The Morgan fingerprint density at radius 3 is 2.50 bits per heavy atom. The third-order valence-corrected chi connectivity index (χ3v) is 5.30.